The molecule has 1 heterocycles. The second-order valence-electron chi connectivity index (χ2n) is 8.34. The van der Waals surface area contributed by atoms with E-state index in [0.717, 1.165) is 25.0 Å². The molecule has 0 bridgehead atoms. The minimum atomic E-state index is -3.44. The van der Waals surface area contributed by atoms with Crippen LogP contribution in [0.5, 0.6) is 0 Å². The van der Waals surface area contributed by atoms with Crippen LogP contribution in [0.25, 0.3) is 0 Å². The fourth-order valence-electron chi connectivity index (χ4n) is 3.79. The molecule has 24 heavy (non-hydrogen) atoms. The Morgan fingerprint density at radius 2 is 1.92 bits per heavy atom. The van der Waals surface area contributed by atoms with E-state index in [0.29, 0.717) is 17.9 Å². The Morgan fingerprint density at radius 3 is 2.42 bits per heavy atom. The molecule has 1 fully saturated rings. The van der Waals surface area contributed by atoms with E-state index in [1.54, 1.807) is 12.5 Å². The third kappa shape index (κ3) is 6.55. The largest absolute Gasteiger partial charge is 0.335 e. The minimum Gasteiger partial charge on any atom is -0.335 e. The molecular formula is C18H32N2O3S. The number of nitrogens with zero attached hydrogens (tertiary/aromatic N) is 2. The highest BCUT2D eigenvalue weighted by Crippen LogP contribution is 2.41. The van der Waals surface area contributed by atoms with Crippen molar-refractivity contribution in [3.05, 3.63) is 18.7 Å². The smallest absolute Gasteiger partial charge is 0.264 e. The van der Waals surface area contributed by atoms with E-state index in [-0.39, 0.29) is 6.10 Å². The lowest BCUT2D eigenvalue weighted by Crippen LogP contribution is -2.27. The maximum atomic E-state index is 11.5. The SMILES string of the molecule is CC(C)(C)C1CCC(CCC(Cn2ccnc2)OS(C)(=O)=O)CC1. The lowest BCUT2D eigenvalue weighted by Gasteiger charge is -2.37. The van der Waals surface area contributed by atoms with Gasteiger partial charge in [-0.2, -0.15) is 8.42 Å². The monoisotopic (exact) mass is 356 g/mol. The van der Waals surface area contributed by atoms with Crippen molar-refractivity contribution < 1.29 is 12.6 Å². The summed E-state index contributed by atoms with van der Waals surface area (Å²) < 4.78 is 30.2. The predicted octanol–water partition coefficient (Wildman–Crippen LogP) is 3.86. The summed E-state index contributed by atoms with van der Waals surface area (Å²) in [7, 11) is -3.44. The Morgan fingerprint density at radius 1 is 1.25 bits per heavy atom. The van der Waals surface area contributed by atoms with Gasteiger partial charge in [-0.3, -0.25) is 4.18 Å². The van der Waals surface area contributed by atoms with Crippen molar-refractivity contribution in [2.45, 2.75) is 71.9 Å². The molecule has 1 aromatic heterocycles. The van der Waals surface area contributed by atoms with E-state index < -0.39 is 10.1 Å². The van der Waals surface area contributed by atoms with Crippen LogP contribution < -0.4 is 0 Å². The lowest BCUT2D eigenvalue weighted by atomic mass is 9.69. The maximum Gasteiger partial charge on any atom is 0.264 e. The van der Waals surface area contributed by atoms with Crippen LogP contribution in [0.1, 0.15) is 59.3 Å². The first-order valence-electron chi connectivity index (χ1n) is 8.97. The number of aromatic nitrogens is 2. The Bertz CT molecular complexity index is 582. The first-order valence-corrected chi connectivity index (χ1v) is 10.8. The van der Waals surface area contributed by atoms with Crippen molar-refractivity contribution >= 4 is 10.1 Å². The minimum absolute atomic E-state index is 0.311. The van der Waals surface area contributed by atoms with Gasteiger partial charge in [-0.15, -0.1) is 0 Å². The van der Waals surface area contributed by atoms with E-state index in [2.05, 4.69) is 25.8 Å². The Labute approximate surface area is 146 Å². The Kier molecular flexibility index (Phi) is 6.48. The fourth-order valence-corrected chi connectivity index (χ4v) is 4.44. The molecule has 5 nitrogen and oxygen atoms in total. The van der Waals surface area contributed by atoms with Crippen LogP contribution in [-0.4, -0.2) is 30.3 Å². The molecule has 1 saturated carbocycles. The van der Waals surface area contributed by atoms with Crippen molar-refractivity contribution in [3.63, 3.8) is 0 Å². The summed E-state index contributed by atoms with van der Waals surface area (Å²) in [5.74, 6) is 1.50. The molecule has 0 aliphatic heterocycles. The number of imidazole rings is 1. The van der Waals surface area contributed by atoms with Crippen LogP contribution in [0.2, 0.25) is 0 Å². The van der Waals surface area contributed by atoms with Crippen molar-refractivity contribution in [2.75, 3.05) is 6.26 Å². The van der Waals surface area contributed by atoms with Gasteiger partial charge in [0.05, 0.1) is 25.2 Å². The predicted molar refractivity (Wildman–Crippen MR) is 96.1 cm³/mol. The molecule has 1 atom stereocenters. The van der Waals surface area contributed by atoms with Crippen LogP contribution in [0.15, 0.2) is 18.7 Å². The third-order valence-corrected chi connectivity index (χ3v) is 5.87. The molecule has 0 N–H and O–H groups in total. The van der Waals surface area contributed by atoms with Crippen molar-refractivity contribution in [3.8, 4) is 0 Å². The van der Waals surface area contributed by atoms with E-state index in [9.17, 15) is 8.42 Å². The van der Waals surface area contributed by atoms with Crippen molar-refractivity contribution in [2.24, 2.45) is 17.3 Å². The molecule has 0 amide bonds. The van der Waals surface area contributed by atoms with Crippen LogP contribution >= 0.6 is 0 Å². The van der Waals surface area contributed by atoms with Gasteiger partial charge in [-0.1, -0.05) is 33.6 Å². The Balaban J connectivity index is 1.84. The van der Waals surface area contributed by atoms with Gasteiger partial charge in [-0.25, -0.2) is 4.98 Å². The highest BCUT2D eigenvalue weighted by molar-refractivity contribution is 7.86. The normalized spacial score (nSPS) is 24.0. The highest BCUT2D eigenvalue weighted by Gasteiger charge is 2.30. The third-order valence-electron chi connectivity index (χ3n) is 5.25. The standard InChI is InChI=1S/C18H32N2O3S/c1-18(2,3)16-8-5-15(6-9-16)7-10-17(23-24(4,21)22)13-20-12-11-19-14-20/h11-12,14-17H,5-10,13H2,1-4H3. The lowest BCUT2D eigenvalue weighted by molar-refractivity contribution is 0.128. The molecule has 1 aliphatic carbocycles. The summed E-state index contributed by atoms with van der Waals surface area (Å²) in [5.41, 5.74) is 0.397. The highest BCUT2D eigenvalue weighted by atomic mass is 32.2. The topological polar surface area (TPSA) is 61.2 Å². The summed E-state index contributed by atoms with van der Waals surface area (Å²) >= 11 is 0. The summed E-state index contributed by atoms with van der Waals surface area (Å²) in [4.78, 5) is 4.01. The van der Waals surface area contributed by atoms with Gasteiger partial charge in [0.1, 0.15) is 0 Å². The van der Waals surface area contributed by atoms with Crippen LogP contribution in [0.4, 0.5) is 0 Å². The average molecular weight is 357 g/mol. The summed E-state index contributed by atoms with van der Waals surface area (Å²) in [6.45, 7) is 7.53. The van der Waals surface area contributed by atoms with Gasteiger partial charge < -0.3 is 4.57 Å². The van der Waals surface area contributed by atoms with E-state index in [4.69, 9.17) is 4.18 Å². The summed E-state index contributed by atoms with van der Waals surface area (Å²) in [6, 6.07) is 0. The molecule has 6 heteroatoms. The van der Waals surface area contributed by atoms with Gasteiger partial charge >= 0.3 is 0 Å². The second kappa shape index (κ2) is 8.00. The zero-order valence-electron chi connectivity index (χ0n) is 15.4. The zero-order valence-corrected chi connectivity index (χ0v) is 16.3. The van der Waals surface area contributed by atoms with Gasteiger partial charge in [0.15, 0.2) is 0 Å². The molecule has 0 aromatic carbocycles. The summed E-state index contributed by atoms with van der Waals surface area (Å²) in [5, 5.41) is 0. The maximum absolute atomic E-state index is 11.5. The van der Waals surface area contributed by atoms with E-state index in [1.807, 2.05) is 10.8 Å². The molecule has 1 unspecified atom stereocenters. The fraction of sp³-hybridized carbons (Fsp3) is 0.833. The number of hydrogen-bond donors (Lipinski definition) is 0. The number of hydrogen-bond acceptors (Lipinski definition) is 4. The first kappa shape index (κ1) is 19.4. The quantitative estimate of drug-likeness (QED) is 0.696. The van der Waals surface area contributed by atoms with Gasteiger partial charge in [0.25, 0.3) is 10.1 Å². The molecule has 1 aromatic rings. The molecule has 138 valence electrons. The van der Waals surface area contributed by atoms with E-state index >= 15 is 0 Å². The molecule has 2 rings (SSSR count). The zero-order chi connectivity index (χ0) is 17.8. The van der Waals surface area contributed by atoms with Crippen molar-refractivity contribution in [1.29, 1.82) is 0 Å². The van der Waals surface area contributed by atoms with E-state index in [1.165, 1.54) is 25.7 Å². The first-order chi connectivity index (χ1) is 11.1. The molecule has 0 spiro atoms. The van der Waals surface area contributed by atoms with Crippen molar-refractivity contribution in [1.82, 2.24) is 9.55 Å². The second-order valence-corrected chi connectivity index (χ2v) is 9.94. The molecule has 0 saturated heterocycles. The average Bonchev–Trinajstić information content (AvgIpc) is 2.95. The Hall–Kier alpha value is -0.880. The van der Waals surface area contributed by atoms with Crippen LogP contribution in [-0.2, 0) is 20.8 Å². The molecule has 1 aliphatic rings. The van der Waals surface area contributed by atoms with Crippen LogP contribution in [0, 0.1) is 17.3 Å². The van der Waals surface area contributed by atoms with Gasteiger partial charge in [0.2, 0.25) is 0 Å². The number of rotatable bonds is 7. The summed E-state index contributed by atoms with van der Waals surface area (Å²) in [6.07, 6.45) is 12.9. The van der Waals surface area contributed by atoms with Crippen LogP contribution in [0.3, 0.4) is 0 Å². The van der Waals surface area contributed by atoms with Gasteiger partial charge in [0, 0.05) is 12.4 Å². The van der Waals surface area contributed by atoms with Gasteiger partial charge in [-0.05, 0) is 42.9 Å². The molecular weight excluding hydrogens is 324 g/mol. The molecule has 0 radical (unpaired) electrons.